The van der Waals surface area contributed by atoms with Gasteiger partial charge in [-0.05, 0) is 54.5 Å². The molecule has 4 nitrogen and oxygen atoms in total. The van der Waals surface area contributed by atoms with Crippen LogP contribution in [-0.2, 0) is 0 Å². The van der Waals surface area contributed by atoms with Crippen molar-refractivity contribution in [3.05, 3.63) is 64.7 Å². The Morgan fingerprint density at radius 1 is 0.962 bits per heavy atom. The van der Waals surface area contributed by atoms with Crippen molar-refractivity contribution in [2.24, 2.45) is 5.92 Å². The van der Waals surface area contributed by atoms with Crippen molar-refractivity contribution in [3.63, 3.8) is 0 Å². The number of ether oxygens (including phenoxy) is 1. The summed E-state index contributed by atoms with van der Waals surface area (Å²) in [5, 5.41) is 18.0. The Kier molecular flexibility index (Phi) is 5.34. The van der Waals surface area contributed by atoms with E-state index >= 15 is 0 Å². The van der Waals surface area contributed by atoms with E-state index in [1.54, 1.807) is 12.1 Å². The molecule has 0 unspecified atom stereocenters. The van der Waals surface area contributed by atoms with E-state index in [0.717, 1.165) is 5.92 Å². The lowest BCUT2D eigenvalue weighted by molar-refractivity contribution is 0.0734. The van der Waals surface area contributed by atoms with Gasteiger partial charge in [-0.3, -0.25) is 0 Å². The molecule has 0 amide bonds. The summed E-state index contributed by atoms with van der Waals surface area (Å²) in [5.74, 6) is 1.18. The van der Waals surface area contributed by atoms with Crippen LogP contribution in [0.4, 0.5) is 0 Å². The first-order valence-electron chi connectivity index (χ1n) is 8.87. The molecule has 0 aliphatic heterocycles. The van der Waals surface area contributed by atoms with Crippen LogP contribution in [0.1, 0.15) is 65.6 Å². The standard InChI is InChI=1S/C22H20N2O2/c1-15-2-4-16(5-3-15)17-6-8-18(9-7-17)22(25)26-21-11-10-19(13-23)20(12-21)14-24/h6-12,15-16H,2-5H2,1H3. The molecule has 2 aromatic carbocycles. The molecule has 0 radical (unpaired) electrons. The number of nitriles is 2. The minimum atomic E-state index is -0.470. The van der Waals surface area contributed by atoms with Crippen LogP contribution in [0.3, 0.4) is 0 Å². The molecule has 130 valence electrons. The van der Waals surface area contributed by atoms with Gasteiger partial charge in [0, 0.05) is 6.07 Å². The molecule has 1 aliphatic rings. The maximum Gasteiger partial charge on any atom is 0.343 e. The average Bonchev–Trinajstić information content (AvgIpc) is 2.68. The summed E-state index contributed by atoms with van der Waals surface area (Å²) in [5.41, 5.74) is 2.21. The first-order valence-corrected chi connectivity index (χ1v) is 8.87. The highest BCUT2D eigenvalue weighted by molar-refractivity contribution is 5.91. The average molecular weight is 344 g/mol. The van der Waals surface area contributed by atoms with Crippen molar-refractivity contribution < 1.29 is 9.53 Å². The third-order valence-electron chi connectivity index (χ3n) is 5.08. The molecule has 0 bridgehead atoms. The normalized spacial score (nSPS) is 19.2. The molecule has 0 aromatic heterocycles. The van der Waals surface area contributed by atoms with Gasteiger partial charge in [-0.2, -0.15) is 10.5 Å². The first-order chi connectivity index (χ1) is 12.6. The Labute approximate surface area is 153 Å². The van der Waals surface area contributed by atoms with Crippen LogP contribution in [0.25, 0.3) is 0 Å². The van der Waals surface area contributed by atoms with Gasteiger partial charge in [0.25, 0.3) is 0 Å². The van der Waals surface area contributed by atoms with E-state index in [4.69, 9.17) is 15.3 Å². The van der Waals surface area contributed by atoms with Gasteiger partial charge in [-0.15, -0.1) is 0 Å². The topological polar surface area (TPSA) is 73.9 Å². The van der Waals surface area contributed by atoms with Gasteiger partial charge in [0.05, 0.1) is 16.7 Å². The second-order valence-electron chi connectivity index (χ2n) is 6.90. The summed E-state index contributed by atoms with van der Waals surface area (Å²) >= 11 is 0. The predicted octanol–water partition coefficient (Wildman–Crippen LogP) is 4.94. The number of hydrogen-bond acceptors (Lipinski definition) is 4. The van der Waals surface area contributed by atoms with E-state index in [2.05, 4.69) is 6.92 Å². The summed E-state index contributed by atoms with van der Waals surface area (Å²) in [7, 11) is 0. The molecule has 0 atom stereocenters. The smallest absolute Gasteiger partial charge is 0.343 e. The zero-order chi connectivity index (χ0) is 18.5. The predicted molar refractivity (Wildman–Crippen MR) is 97.6 cm³/mol. The minimum Gasteiger partial charge on any atom is -0.423 e. The van der Waals surface area contributed by atoms with Crippen molar-refractivity contribution in [3.8, 4) is 17.9 Å². The monoisotopic (exact) mass is 344 g/mol. The molecule has 0 N–H and O–H groups in total. The Hall–Kier alpha value is -3.11. The first kappa shape index (κ1) is 17.7. The largest absolute Gasteiger partial charge is 0.423 e. The summed E-state index contributed by atoms with van der Waals surface area (Å²) in [6.45, 7) is 2.30. The van der Waals surface area contributed by atoms with Crippen LogP contribution in [0.15, 0.2) is 42.5 Å². The molecular formula is C22H20N2O2. The van der Waals surface area contributed by atoms with E-state index in [0.29, 0.717) is 11.5 Å². The number of hydrogen-bond donors (Lipinski definition) is 0. The van der Waals surface area contributed by atoms with Crippen LogP contribution in [0.5, 0.6) is 5.75 Å². The molecular weight excluding hydrogens is 324 g/mol. The summed E-state index contributed by atoms with van der Waals surface area (Å²) in [6.07, 6.45) is 4.92. The highest BCUT2D eigenvalue weighted by Gasteiger charge is 2.20. The number of nitrogens with zero attached hydrogens (tertiary/aromatic N) is 2. The van der Waals surface area contributed by atoms with Gasteiger partial charge in [0.2, 0.25) is 0 Å². The third-order valence-corrected chi connectivity index (χ3v) is 5.08. The number of carbonyl (C=O) groups excluding carboxylic acids is 1. The second kappa shape index (κ2) is 7.85. The third kappa shape index (κ3) is 3.92. The quantitative estimate of drug-likeness (QED) is 0.583. The molecule has 1 fully saturated rings. The molecule has 0 spiro atoms. The van der Waals surface area contributed by atoms with Crippen molar-refractivity contribution >= 4 is 5.97 Å². The van der Waals surface area contributed by atoms with E-state index in [1.807, 2.05) is 24.3 Å². The van der Waals surface area contributed by atoms with Gasteiger partial charge >= 0.3 is 5.97 Å². The molecule has 0 heterocycles. The minimum absolute atomic E-state index is 0.194. The lowest BCUT2D eigenvalue weighted by atomic mass is 9.79. The fraction of sp³-hybridized carbons (Fsp3) is 0.318. The maximum absolute atomic E-state index is 12.3. The molecule has 26 heavy (non-hydrogen) atoms. The number of carbonyl (C=O) groups is 1. The van der Waals surface area contributed by atoms with Crippen LogP contribution < -0.4 is 4.74 Å². The molecule has 1 aliphatic carbocycles. The molecule has 2 aromatic rings. The van der Waals surface area contributed by atoms with E-state index in [-0.39, 0.29) is 16.9 Å². The van der Waals surface area contributed by atoms with Crippen LogP contribution in [0, 0.1) is 28.6 Å². The van der Waals surface area contributed by atoms with Crippen LogP contribution in [-0.4, -0.2) is 5.97 Å². The lowest BCUT2D eigenvalue weighted by Crippen LogP contribution is -2.12. The van der Waals surface area contributed by atoms with Crippen molar-refractivity contribution in [2.75, 3.05) is 0 Å². The molecule has 1 saturated carbocycles. The van der Waals surface area contributed by atoms with Crippen molar-refractivity contribution in [2.45, 2.75) is 38.5 Å². The van der Waals surface area contributed by atoms with Crippen LogP contribution >= 0.6 is 0 Å². The highest BCUT2D eigenvalue weighted by Crippen LogP contribution is 2.35. The highest BCUT2D eigenvalue weighted by atomic mass is 16.5. The SMILES string of the molecule is CC1CCC(c2ccc(C(=O)Oc3ccc(C#N)c(C#N)c3)cc2)CC1. The summed E-state index contributed by atoms with van der Waals surface area (Å²) in [4.78, 5) is 12.3. The van der Waals surface area contributed by atoms with Gasteiger partial charge in [-0.25, -0.2) is 4.79 Å². The zero-order valence-corrected chi connectivity index (χ0v) is 14.7. The van der Waals surface area contributed by atoms with E-state index in [9.17, 15) is 4.79 Å². The van der Waals surface area contributed by atoms with Crippen molar-refractivity contribution in [1.29, 1.82) is 10.5 Å². The van der Waals surface area contributed by atoms with Gasteiger partial charge < -0.3 is 4.74 Å². The van der Waals surface area contributed by atoms with Gasteiger partial charge in [-0.1, -0.05) is 31.9 Å². The second-order valence-corrected chi connectivity index (χ2v) is 6.90. The maximum atomic E-state index is 12.3. The summed E-state index contributed by atoms with van der Waals surface area (Å²) < 4.78 is 5.34. The molecule has 0 saturated heterocycles. The van der Waals surface area contributed by atoms with E-state index in [1.165, 1.54) is 49.4 Å². The zero-order valence-electron chi connectivity index (χ0n) is 14.7. The fourth-order valence-electron chi connectivity index (χ4n) is 3.43. The Morgan fingerprint density at radius 3 is 2.23 bits per heavy atom. The fourth-order valence-corrected chi connectivity index (χ4v) is 3.43. The number of esters is 1. The van der Waals surface area contributed by atoms with Crippen molar-refractivity contribution in [1.82, 2.24) is 0 Å². The van der Waals surface area contributed by atoms with Gasteiger partial charge in [0.15, 0.2) is 0 Å². The summed E-state index contributed by atoms with van der Waals surface area (Å²) in [6, 6.07) is 15.9. The van der Waals surface area contributed by atoms with Gasteiger partial charge in [0.1, 0.15) is 17.9 Å². The molecule has 3 rings (SSSR count). The Balaban J connectivity index is 1.69. The number of benzene rings is 2. The van der Waals surface area contributed by atoms with Crippen LogP contribution in [0.2, 0.25) is 0 Å². The lowest BCUT2D eigenvalue weighted by Gasteiger charge is -2.26. The molecule has 4 heteroatoms. The van der Waals surface area contributed by atoms with E-state index < -0.39 is 5.97 Å². The Bertz CT molecular complexity index is 880. The number of rotatable bonds is 3. The Morgan fingerprint density at radius 2 is 1.62 bits per heavy atom.